The fourth-order valence-corrected chi connectivity index (χ4v) is 4.40. The molecule has 0 saturated heterocycles. The number of carbonyl (C=O) groups is 1. The first-order valence-corrected chi connectivity index (χ1v) is 9.99. The van der Waals surface area contributed by atoms with Gasteiger partial charge in [-0.2, -0.15) is 0 Å². The Morgan fingerprint density at radius 3 is 2.57 bits per heavy atom. The molecule has 0 radical (unpaired) electrons. The van der Waals surface area contributed by atoms with Crippen molar-refractivity contribution in [3.8, 4) is 5.00 Å². The second-order valence-electron chi connectivity index (χ2n) is 6.66. The van der Waals surface area contributed by atoms with Crippen LogP contribution < -0.4 is 0 Å². The molecule has 6 heteroatoms. The van der Waals surface area contributed by atoms with E-state index in [1.165, 1.54) is 35.0 Å². The van der Waals surface area contributed by atoms with Crippen molar-refractivity contribution in [3.63, 3.8) is 0 Å². The summed E-state index contributed by atoms with van der Waals surface area (Å²) in [5, 5.41) is 11.9. The van der Waals surface area contributed by atoms with Crippen LogP contribution in [-0.2, 0) is 25.9 Å². The fourth-order valence-electron chi connectivity index (χ4n) is 3.31. The van der Waals surface area contributed by atoms with Gasteiger partial charge in [0.05, 0.1) is 10.8 Å². The zero-order valence-corrected chi connectivity index (χ0v) is 19.5. The maximum Gasteiger partial charge on any atom is 0.155 e. The third-order valence-corrected chi connectivity index (χ3v) is 5.49. The topological polar surface area (TPSA) is 55.1 Å². The van der Waals surface area contributed by atoms with Crippen LogP contribution in [0, 0.1) is 6.07 Å². The van der Waals surface area contributed by atoms with Gasteiger partial charge in [-0.25, -0.2) is 0 Å². The van der Waals surface area contributed by atoms with Crippen LogP contribution in [0.1, 0.15) is 13.8 Å². The Kier molecular flexibility index (Phi) is 6.86. The van der Waals surface area contributed by atoms with Crippen molar-refractivity contribution in [2.75, 3.05) is 0 Å². The maximum atomic E-state index is 10.0. The summed E-state index contributed by atoms with van der Waals surface area (Å²) in [5.74, 6) is -0.0625. The molecule has 0 aliphatic rings. The van der Waals surface area contributed by atoms with Crippen LogP contribution in [0.2, 0.25) is 0 Å². The van der Waals surface area contributed by atoms with Crippen LogP contribution >= 0.6 is 11.3 Å². The minimum atomic E-state index is -0.125. The number of ketones is 1. The number of benzene rings is 2. The summed E-state index contributed by atoms with van der Waals surface area (Å²) in [6, 6.07) is 24.3. The Bertz CT molecular complexity index is 1280. The summed E-state index contributed by atoms with van der Waals surface area (Å²) >= 11 is 1.81. The SMILES string of the molecule is CC(=O)/C=C(/C)O.[Pt].[c-]1cccc2c1c1ncccc1n2-c1cc2ccccc2s1. The average Bonchev–Trinajstić information content (AvgIpc) is 3.26. The smallest absolute Gasteiger partial charge is 0.155 e. The van der Waals surface area contributed by atoms with Crippen molar-refractivity contribution in [1.29, 1.82) is 0 Å². The van der Waals surface area contributed by atoms with Crippen molar-refractivity contribution in [1.82, 2.24) is 9.55 Å². The first-order valence-electron chi connectivity index (χ1n) is 9.17. The van der Waals surface area contributed by atoms with Gasteiger partial charge in [-0.05, 0) is 49.0 Å². The van der Waals surface area contributed by atoms with Gasteiger partial charge in [-0.15, -0.1) is 35.6 Å². The molecule has 0 unspecified atom stereocenters. The van der Waals surface area contributed by atoms with Gasteiger partial charge in [-0.1, -0.05) is 23.6 Å². The second kappa shape index (κ2) is 9.37. The molecular formula is C24H19N2O2PtS-. The van der Waals surface area contributed by atoms with E-state index in [0.717, 1.165) is 21.9 Å². The van der Waals surface area contributed by atoms with E-state index >= 15 is 0 Å². The fraction of sp³-hybridized carbons (Fsp3) is 0.0833. The third-order valence-electron chi connectivity index (χ3n) is 4.38. The molecular weight excluding hydrogens is 575 g/mol. The average molecular weight is 595 g/mol. The number of thiophene rings is 1. The molecule has 30 heavy (non-hydrogen) atoms. The molecule has 0 saturated carbocycles. The Labute approximate surface area is 192 Å². The molecule has 0 atom stereocenters. The normalized spacial score (nSPS) is 11.2. The van der Waals surface area contributed by atoms with Crippen LogP contribution in [0.5, 0.6) is 0 Å². The van der Waals surface area contributed by atoms with Gasteiger partial charge in [0.2, 0.25) is 0 Å². The van der Waals surface area contributed by atoms with Crippen LogP contribution in [0.3, 0.4) is 0 Å². The zero-order valence-electron chi connectivity index (χ0n) is 16.4. The molecule has 3 heterocycles. The number of rotatable bonds is 2. The number of aromatic nitrogens is 2. The minimum absolute atomic E-state index is 0. The Morgan fingerprint density at radius 2 is 1.87 bits per heavy atom. The third kappa shape index (κ3) is 4.38. The van der Waals surface area contributed by atoms with Crippen molar-refractivity contribution in [2.24, 2.45) is 0 Å². The first kappa shape index (κ1) is 21.9. The number of aliphatic hydroxyl groups excluding tert-OH is 1. The second-order valence-corrected chi connectivity index (χ2v) is 7.72. The van der Waals surface area contributed by atoms with Gasteiger partial charge < -0.3 is 14.7 Å². The summed E-state index contributed by atoms with van der Waals surface area (Å²) in [6.07, 6.45) is 3.01. The van der Waals surface area contributed by atoms with E-state index in [4.69, 9.17) is 5.11 Å². The van der Waals surface area contributed by atoms with E-state index in [9.17, 15) is 4.79 Å². The summed E-state index contributed by atoms with van der Waals surface area (Å²) in [4.78, 5) is 14.6. The number of aliphatic hydroxyl groups is 1. The van der Waals surface area contributed by atoms with Crippen molar-refractivity contribution in [3.05, 3.63) is 84.8 Å². The first-order chi connectivity index (χ1) is 14.0. The maximum absolute atomic E-state index is 10.0. The van der Waals surface area contributed by atoms with E-state index in [2.05, 4.69) is 58.1 Å². The molecule has 154 valence electrons. The summed E-state index contributed by atoms with van der Waals surface area (Å²) < 4.78 is 3.59. The number of pyridine rings is 1. The molecule has 0 amide bonds. The zero-order chi connectivity index (χ0) is 20.4. The van der Waals surface area contributed by atoms with E-state index in [0.29, 0.717) is 0 Å². The molecule has 4 nitrogen and oxygen atoms in total. The van der Waals surface area contributed by atoms with E-state index in [1.54, 1.807) is 11.3 Å². The molecule has 0 aliphatic heterocycles. The van der Waals surface area contributed by atoms with Crippen molar-refractivity contribution >= 4 is 49.1 Å². The molecule has 0 fully saturated rings. The Balaban J connectivity index is 0.000000281. The van der Waals surface area contributed by atoms with E-state index in [-0.39, 0.29) is 32.6 Å². The number of nitrogens with zero attached hydrogens (tertiary/aromatic N) is 2. The van der Waals surface area contributed by atoms with E-state index in [1.807, 2.05) is 24.4 Å². The number of hydrogen-bond acceptors (Lipinski definition) is 4. The molecule has 5 aromatic rings. The van der Waals surface area contributed by atoms with Crippen molar-refractivity contribution in [2.45, 2.75) is 13.8 Å². The van der Waals surface area contributed by atoms with Gasteiger partial charge in [0.1, 0.15) is 0 Å². The quantitative estimate of drug-likeness (QED) is 0.150. The monoisotopic (exact) mass is 594 g/mol. The summed E-state index contributed by atoms with van der Waals surface area (Å²) in [5.41, 5.74) is 3.30. The summed E-state index contributed by atoms with van der Waals surface area (Å²) in [7, 11) is 0. The Morgan fingerprint density at radius 1 is 1.10 bits per heavy atom. The largest absolute Gasteiger partial charge is 0.512 e. The molecule has 3 aromatic heterocycles. The van der Waals surface area contributed by atoms with Gasteiger partial charge in [-0.3, -0.25) is 4.79 Å². The number of hydrogen-bond donors (Lipinski definition) is 1. The van der Waals surface area contributed by atoms with Crippen LogP contribution in [0.4, 0.5) is 0 Å². The number of fused-ring (bicyclic) bond motifs is 4. The molecule has 0 aliphatic carbocycles. The summed E-state index contributed by atoms with van der Waals surface area (Å²) in [6.45, 7) is 2.85. The van der Waals surface area contributed by atoms with Gasteiger partial charge in [0.15, 0.2) is 5.78 Å². The minimum Gasteiger partial charge on any atom is -0.512 e. The number of carbonyl (C=O) groups excluding carboxylic acids is 1. The molecule has 0 spiro atoms. The van der Waals surface area contributed by atoms with Crippen molar-refractivity contribution < 1.29 is 31.0 Å². The van der Waals surface area contributed by atoms with Gasteiger partial charge in [0.25, 0.3) is 0 Å². The van der Waals surface area contributed by atoms with Crippen LogP contribution in [0.25, 0.3) is 37.0 Å². The van der Waals surface area contributed by atoms with Gasteiger partial charge in [0, 0.05) is 49.1 Å². The molecule has 5 rings (SSSR count). The van der Waals surface area contributed by atoms with Crippen LogP contribution in [-0.4, -0.2) is 20.4 Å². The van der Waals surface area contributed by atoms with E-state index < -0.39 is 0 Å². The predicted octanol–water partition coefficient (Wildman–Crippen LogP) is 6.23. The molecule has 2 aromatic carbocycles. The standard InChI is InChI=1S/C19H11N2S.C5H8O2.Pt/c1-4-10-17-13(6-1)12-18(22-17)21-15-8-3-2-7-14(15)19-16(21)9-5-11-20-19;1-4(6)3-5(2)7;/h1-6,8-12H;3,6H,1-2H3;/q-1;;/b;4-3-;. The Hall–Kier alpha value is -2.75. The molecule has 0 bridgehead atoms. The molecule has 1 N–H and O–H groups in total. The predicted molar refractivity (Wildman–Crippen MR) is 120 cm³/mol. The number of allylic oxidation sites excluding steroid dienone is 2. The van der Waals surface area contributed by atoms with Gasteiger partial charge >= 0.3 is 0 Å². The van der Waals surface area contributed by atoms with Crippen LogP contribution in [0.15, 0.2) is 78.7 Å².